The van der Waals surface area contributed by atoms with Crippen LogP contribution in [0.25, 0.3) is 10.1 Å². The van der Waals surface area contributed by atoms with Gasteiger partial charge in [0.1, 0.15) is 11.6 Å². The van der Waals surface area contributed by atoms with Crippen molar-refractivity contribution in [1.82, 2.24) is 10.6 Å². The van der Waals surface area contributed by atoms with Gasteiger partial charge in [-0.2, -0.15) is 0 Å². The lowest BCUT2D eigenvalue weighted by atomic mass is 9.82. The van der Waals surface area contributed by atoms with Crippen LogP contribution in [-0.2, 0) is 4.79 Å². The molecule has 2 amide bonds. The molecule has 1 saturated carbocycles. The molecule has 0 spiro atoms. The second-order valence-electron chi connectivity index (χ2n) is 8.91. The number of aliphatic carboxylic acids is 1. The average Bonchev–Trinajstić information content (AvgIpc) is 3.33. The van der Waals surface area contributed by atoms with Crippen LogP contribution in [0, 0.1) is 29.3 Å². The number of thiophene rings is 1. The maximum Gasteiger partial charge on any atom is 0.306 e. The number of hydrogen-bond acceptors (Lipinski definition) is 5. The van der Waals surface area contributed by atoms with Gasteiger partial charge in [0, 0.05) is 19.2 Å². The van der Waals surface area contributed by atoms with Gasteiger partial charge in [-0.05, 0) is 55.2 Å². The number of nitrogens with one attached hydrogen (secondary N) is 2. The Morgan fingerprint density at radius 3 is 2.30 bits per heavy atom. The number of rotatable bonds is 9. The highest BCUT2D eigenvalue weighted by molar-refractivity contribution is 7.20. The van der Waals surface area contributed by atoms with E-state index in [1.807, 2.05) is 0 Å². The number of halogens is 3. The van der Waals surface area contributed by atoms with Gasteiger partial charge < -0.3 is 20.5 Å². The van der Waals surface area contributed by atoms with Crippen LogP contribution in [0.3, 0.4) is 0 Å². The van der Waals surface area contributed by atoms with E-state index in [1.165, 1.54) is 6.07 Å². The molecule has 37 heavy (non-hydrogen) atoms. The average molecular weight is 535 g/mol. The number of fused-ring (bicyclic) bond motifs is 1. The summed E-state index contributed by atoms with van der Waals surface area (Å²) in [5, 5.41) is 14.7. The predicted octanol–water partition coefficient (Wildman–Crippen LogP) is 4.75. The van der Waals surface area contributed by atoms with Crippen molar-refractivity contribution in [3.8, 4) is 5.75 Å². The molecule has 1 heterocycles. The van der Waals surface area contributed by atoms with Crippen LogP contribution < -0.4 is 15.4 Å². The van der Waals surface area contributed by atoms with Gasteiger partial charge in [0.15, 0.2) is 11.6 Å². The highest BCUT2D eigenvalue weighted by atomic mass is 32.1. The summed E-state index contributed by atoms with van der Waals surface area (Å²) in [5.74, 6) is -5.03. The Balaban J connectivity index is 1.25. The van der Waals surface area contributed by atoms with Gasteiger partial charge in [0.2, 0.25) is 0 Å². The Hall–Kier alpha value is -3.60. The molecule has 0 atom stereocenters. The summed E-state index contributed by atoms with van der Waals surface area (Å²) < 4.78 is 48.6. The fourth-order valence-electron chi connectivity index (χ4n) is 4.27. The zero-order valence-electron chi connectivity index (χ0n) is 19.7. The molecule has 196 valence electrons. The Bertz CT molecular complexity index is 1320. The Kier molecular flexibility index (Phi) is 8.32. The van der Waals surface area contributed by atoms with Crippen LogP contribution in [0.2, 0.25) is 0 Å². The van der Waals surface area contributed by atoms with Crippen molar-refractivity contribution in [2.24, 2.45) is 11.8 Å². The Morgan fingerprint density at radius 2 is 1.62 bits per heavy atom. The number of benzene rings is 2. The topological polar surface area (TPSA) is 105 Å². The van der Waals surface area contributed by atoms with Crippen LogP contribution in [-0.4, -0.2) is 42.6 Å². The molecule has 3 aromatic rings. The van der Waals surface area contributed by atoms with E-state index in [-0.39, 0.29) is 37.3 Å². The minimum Gasteiger partial charge on any atom is -0.490 e. The Labute approximate surface area is 214 Å². The van der Waals surface area contributed by atoms with Gasteiger partial charge >= 0.3 is 5.97 Å². The summed E-state index contributed by atoms with van der Waals surface area (Å²) >= 11 is 1.01. The van der Waals surface area contributed by atoms with E-state index in [2.05, 4.69) is 10.6 Å². The van der Waals surface area contributed by atoms with Crippen molar-refractivity contribution in [3.05, 3.63) is 64.3 Å². The van der Waals surface area contributed by atoms with Crippen LogP contribution in [0.5, 0.6) is 5.75 Å². The summed E-state index contributed by atoms with van der Waals surface area (Å²) in [5.41, 5.74) is -0.502. The lowest BCUT2D eigenvalue weighted by Crippen LogP contribution is -2.34. The van der Waals surface area contributed by atoms with Gasteiger partial charge in [-0.25, -0.2) is 13.2 Å². The first-order valence-electron chi connectivity index (χ1n) is 11.8. The van der Waals surface area contributed by atoms with E-state index in [9.17, 15) is 27.6 Å². The van der Waals surface area contributed by atoms with E-state index in [4.69, 9.17) is 9.84 Å². The van der Waals surface area contributed by atoms with Crippen LogP contribution >= 0.6 is 11.3 Å². The summed E-state index contributed by atoms with van der Waals surface area (Å²) in [7, 11) is 0. The van der Waals surface area contributed by atoms with Crippen LogP contribution in [0.1, 0.15) is 45.7 Å². The molecule has 0 radical (unpaired) electrons. The number of carboxylic acids is 1. The van der Waals surface area contributed by atoms with Gasteiger partial charge in [-0.15, -0.1) is 11.3 Å². The molecule has 11 heteroatoms. The molecule has 0 saturated heterocycles. The minimum atomic E-state index is -0.958. The molecule has 1 fully saturated rings. The first-order valence-corrected chi connectivity index (χ1v) is 12.6. The molecule has 0 bridgehead atoms. The number of carboxylic acid groups (broad SMARTS) is 1. The standard InChI is InChI=1S/C26H25F3N2O5S/c27-18-3-1-2-16-10-22(37-23(16)18)25(33)31-9-8-30-24(32)17-11-20(29)21(12-19(17)28)36-13-14-4-6-15(7-5-14)26(34)35/h1-3,10-12,14-15H,4-9,13H2,(H,30,32)(H,31,33)(H,34,35). The lowest BCUT2D eigenvalue weighted by molar-refractivity contribution is -0.143. The molecule has 3 N–H and O–H groups in total. The first kappa shape index (κ1) is 26.5. The highest BCUT2D eigenvalue weighted by Crippen LogP contribution is 2.31. The minimum absolute atomic E-state index is 0.0245. The van der Waals surface area contributed by atoms with Gasteiger partial charge in [-0.3, -0.25) is 14.4 Å². The molecule has 0 aliphatic heterocycles. The summed E-state index contributed by atoms with van der Waals surface area (Å²) in [6.45, 7) is 0.110. The molecule has 4 rings (SSSR count). The van der Waals surface area contributed by atoms with Crippen molar-refractivity contribution >= 4 is 39.2 Å². The maximum atomic E-state index is 14.5. The summed E-state index contributed by atoms with van der Waals surface area (Å²) in [4.78, 5) is 36.0. The number of hydrogen-bond donors (Lipinski definition) is 3. The van der Waals surface area contributed by atoms with Crippen molar-refractivity contribution in [2.45, 2.75) is 25.7 Å². The highest BCUT2D eigenvalue weighted by Gasteiger charge is 2.26. The zero-order chi connectivity index (χ0) is 26.5. The second kappa shape index (κ2) is 11.6. The van der Waals surface area contributed by atoms with Gasteiger partial charge in [0.25, 0.3) is 11.8 Å². The van der Waals surface area contributed by atoms with Crippen LogP contribution in [0.4, 0.5) is 13.2 Å². The molecule has 1 aliphatic carbocycles. The maximum absolute atomic E-state index is 14.5. The third kappa shape index (κ3) is 6.40. The second-order valence-corrected chi connectivity index (χ2v) is 9.96. The SMILES string of the molecule is O=C(NCCNC(=O)c1cc(F)c(OCC2CCC(C(=O)O)CC2)cc1F)c1cc2cccc(F)c2s1. The van der Waals surface area contributed by atoms with E-state index in [0.29, 0.717) is 40.6 Å². The van der Waals surface area contributed by atoms with Gasteiger partial charge in [-0.1, -0.05) is 12.1 Å². The summed E-state index contributed by atoms with van der Waals surface area (Å²) in [6.07, 6.45) is 2.28. The first-order chi connectivity index (χ1) is 17.7. The van der Waals surface area contributed by atoms with Crippen molar-refractivity contribution < 1.29 is 37.4 Å². The van der Waals surface area contributed by atoms with E-state index in [1.54, 1.807) is 18.2 Å². The number of carbonyl (C=O) groups excluding carboxylic acids is 2. The number of ether oxygens (including phenoxy) is 1. The third-order valence-electron chi connectivity index (χ3n) is 6.35. The van der Waals surface area contributed by atoms with Crippen molar-refractivity contribution in [1.29, 1.82) is 0 Å². The normalized spacial score (nSPS) is 17.4. The molecule has 1 aromatic heterocycles. The largest absolute Gasteiger partial charge is 0.490 e. The van der Waals surface area contributed by atoms with E-state index >= 15 is 0 Å². The quantitative estimate of drug-likeness (QED) is 0.344. The molecule has 0 unspecified atom stereocenters. The summed E-state index contributed by atoms with van der Waals surface area (Å²) in [6, 6.07) is 7.70. The number of carbonyl (C=O) groups is 3. The predicted molar refractivity (Wildman–Crippen MR) is 131 cm³/mol. The van der Waals surface area contributed by atoms with E-state index in [0.717, 1.165) is 23.5 Å². The molecular weight excluding hydrogens is 509 g/mol. The molecule has 1 aliphatic rings. The fraction of sp³-hybridized carbons (Fsp3) is 0.346. The molecule has 7 nitrogen and oxygen atoms in total. The van der Waals surface area contributed by atoms with E-state index < -0.39 is 40.8 Å². The smallest absolute Gasteiger partial charge is 0.306 e. The third-order valence-corrected chi connectivity index (χ3v) is 7.51. The fourth-order valence-corrected chi connectivity index (χ4v) is 5.25. The number of amides is 2. The lowest BCUT2D eigenvalue weighted by Gasteiger charge is -2.26. The molecule has 2 aromatic carbocycles. The molecular formula is C26H25F3N2O5S. The van der Waals surface area contributed by atoms with Crippen LogP contribution in [0.15, 0.2) is 36.4 Å². The zero-order valence-corrected chi connectivity index (χ0v) is 20.5. The Morgan fingerprint density at radius 1 is 0.919 bits per heavy atom. The van der Waals surface area contributed by atoms with Crippen molar-refractivity contribution in [3.63, 3.8) is 0 Å². The monoisotopic (exact) mass is 534 g/mol. The van der Waals surface area contributed by atoms with Crippen molar-refractivity contribution in [2.75, 3.05) is 19.7 Å². The van der Waals surface area contributed by atoms with Gasteiger partial charge in [0.05, 0.1) is 27.7 Å².